The number of rotatable bonds is 1. The highest BCUT2D eigenvalue weighted by Gasteiger charge is 1.78. The molecular formula is C6H14OS. The molecule has 0 aliphatic rings. The number of hydrogen-bond donors (Lipinski definition) is 1. The lowest BCUT2D eigenvalue weighted by molar-refractivity contribution is -0.110. The molecule has 1 nitrogen and oxygen atoms in total. The third-order valence-electron chi connectivity index (χ3n) is 0.302. The number of carbonyl (C=O) groups excluding carboxylic acids is 1. The topological polar surface area (TPSA) is 17.1 Å². The second kappa shape index (κ2) is 10.1. The molecule has 0 aromatic rings. The summed E-state index contributed by atoms with van der Waals surface area (Å²) in [7, 11) is 0. The normalized spacial score (nSPS) is 7.00. The molecule has 0 fully saturated rings. The van der Waals surface area contributed by atoms with Gasteiger partial charge in [-0.25, -0.2) is 0 Å². The predicted molar refractivity (Wildman–Crippen MR) is 40.2 cm³/mol. The Kier molecular flexibility index (Phi) is 13.8. The highest BCUT2D eigenvalue weighted by atomic mass is 32.1. The van der Waals surface area contributed by atoms with E-state index in [9.17, 15) is 4.79 Å². The van der Waals surface area contributed by atoms with E-state index in [0.29, 0.717) is 6.42 Å². The molecule has 0 rings (SSSR count). The molecule has 0 aliphatic carbocycles. The SMILES string of the molecule is CCC.CCC(=O)S. The van der Waals surface area contributed by atoms with Crippen molar-refractivity contribution in [3.8, 4) is 0 Å². The molecule has 0 radical (unpaired) electrons. The van der Waals surface area contributed by atoms with Crippen LogP contribution in [0.3, 0.4) is 0 Å². The van der Waals surface area contributed by atoms with Gasteiger partial charge in [0.25, 0.3) is 0 Å². The fourth-order valence-electron chi connectivity index (χ4n) is 0. The van der Waals surface area contributed by atoms with Crippen LogP contribution in [0.2, 0.25) is 0 Å². The predicted octanol–water partition coefficient (Wildman–Crippen LogP) is 2.27. The summed E-state index contributed by atoms with van der Waals surface area (Å²) in [5.41, 5.74) is 0. The number of hydrogen-bond acceptors (Lipinski definition) is 1. The molecule has 0 amide bonds. The van der Waals surface area contributed by atoms with Gasteiger partial charge in [-0.05, 0) is 0 Å². The van der Waals surface area contributed by atoms with Crippen LogP contribution in [0.1, 0.15) is 33.6 Å². The Morgan fingerprint density at radius 3 is 1.50 bits per heavy atom. The summed E-state index contributed by atoms with van der Waals surface area (Å²) in [6.45, 7) is 6.02. The van der Waals surface area contributed by atoms with Crippen molar-refractivity contribution >= 4 is 17.7 Å². The first-order valence-electron chi connectivity index (χ1n) is 2.90. The standard InChI is InChI=1S/C3H6OS.C3H8/c1-2-3(4)5;1-3-2/h2H2,1H3,(H,4,5);3H2,1-2H3. The van der Waals surface area contributed by atoms with Gasteiger partial charge in [0.05, 0.1) is 0 Å². The summed E-state index contributed by atoms with van der Waals surface area (Å²) in [5.74, 6) is 0. The second-order valence-corrected chi connectivity index (χ2v) is 1.95. The zero-order chi connectivity index (χ0) is 6.99. The van der Waals surface area contributed by atoms with Gasteiger partial charge >= 0.3 is 0 Å². The van der Waals surface area contributed by atoms with E-state index in [-0.39, 0.29) is 5.12 Å². The lowest BCUT2D eigenvalue weighted by Crippen LogP contribution is -1.74. The van der Waals surface area contributed by atoms with Gasteiger partial charge in [0.15, 0.2) is 5.12 Å². The Balaban J connectivity index is 0. The van der Waals surface area contributed by atoms with Crippen LogP contribution in [0.15, 0.2) is 0 Å². The Hall–Kier alpha value is 0.0200. The van der Waals surface area contributed by atoms with Crippen molar-refractivity contribution in [1.29, 1.82) is 0 Å². The first-order chi connectivity index (χ1) is 3.68. The van der Waals surface area contributed by atoms with Crippen LogP contribution in [-0.2, 0) is 4.79 Å². The van der Waals surface area contributed by atoms with Crippen LogP contribution in [-0.4, -0.2) is 5.12 Å². The van der Waals surface area contributed by atoms with Crippen LogP contribution >= 0.6 is 12.6 Å². The minimum atomic E-state index is -0.0509. The average Bonchev–Trinajstić information content (AvgIpc) is 1.69. The van der Waals surface area contributed by atoms with Crippen molar-refractivity contribution in [3.63, 3.8) is 0 Å². The van der Waals surface area contributed by atoms with Gasteiger partial charge in [-0.3, -0.25) is 4.79 Å². The minimum absolute atomic E-state index is 0.0509. The highest BCUT2D eigenvalue weighted by Crippen LogP contribution is 1.80. The van der Waals surface area contributed by atoms with Gasteiger partial charge in [-0.1, -0.05) is 27.2 Å². The molecule has 0 heterocycles. The first-order valence-corrected chi connectivity index (χ1v) is 3.35. The fraction of sp³-hybridized carbons (Fsp3) is 0.833. The molecule has 0 unspecified atom stereocenters. The minimum Gasteiger partial charge on any atom is -0.288 e. The summed E-state index contributed by atoms with van der Waals surface area (Å²) in [6, 6.07) is 0. The van der Waals surface area contributed by atoms with E-state index in [1.165, 1.54) is 6.42 Å². The van der Waals surface area contributed by atoms with Gasteiger partial charge in [0.2, 0.25) is 0 Å². The van der Waals surface area contributed by atoms with Crippen LogP contribution < -0.4 is 0 Å². The Morgan fingerprint density at radius 1 is 1.38 bits per heavy atom. The quantitative estimate of drug-likeness (QED) is 0.544. The van der Waals surface area contributed by atoms with Gasteiger partial charge in [0, 0.05) is 6.42 Å². The van der Waals surface area contributed by atoms with E-state index in [1.54, 1.807) is 6.92 Å². The van der Waals surface area contributed by atoms with Crippen molar-refractivity contribution in [1.82, 2.24) is 0 Å². The molecule has 8 heavy (non-hydrogen) atoms. The molecule has 0 atom stereocenters. The van der Waals surface area contributed by atoms with E-state index in [4.69, 9.17) is 0 Å². The maximum atomic E-state index is 9.68. The molecule has 0 bridgehead atoms. The maximum Gasteiger partial charge on any atom is 0.185 e. The molecule has 0 saturated heterocycles. The monoisotopic (exact) mass is 134 g/mol. The van der Waals surface area contributed by atoms with Crippen LogP contribution in [0.4, 0.5) is 0 Å². The van der Waals surface area contributed by atoms with Gasteiger partial charge in [-0.2, -0.15) is 0 Å². The Bertz CT molecular complexity index is 52.5. The largest absolute Gasteiger partial charge is 0.288 e. The summed E-state index contributed by atoms with van der Waals surface area (Å²) < 4.78 is 0. The van der Waals surface area contributed by atoms with Crippen molar-refractivity contribution < 1.29 is 4.79 Å². The molecule has 0 aromatic carbocycles. The smallest absolute Gasteiger partial charge is 0.185 e. The van der Waals surface area contributed by atoms with E-state index in [2.05, 4.69) is 26.5 Å². The molecule has 50 valence electrons. The van der Waals surface area contributed by atoms with Crippen molar-refractivity contribution in [2.75, 3.05) is 0 Å². The van der Waals surface area contributed by atoms with E-state index in [0.717, 1.165) is 0 Å². The summed E-state index contributed by atoms with van der Waals surface area (Å²) in [4.78, 5) is 9.68. The number of carbonyl (C=O) groups is 1. The molecule has 0 spiro atoms. The zero-order valence-electron chi connectivity index (χ0n) is 5.77. The third-order valence-corrected chi connectivity index (χ3v) is 0.619. The lowest BCUT2D eigenvalue weighted by Gasteiger charge is -1.70. The zero-order valence-corrected chi connectivity index (χ0v) is 6.66. The highest BCUT2D eigenvalue weighted by molar-refractivity contribution is 7.96. The molecule has 0 aromatic heterocycles. The van der Waals surface area contributed by atoms with Crippen molar-refractivity contribution in [3.05, 3.63) is 0 Å². The van der Waals surface area contributed by atoms with Gasteiger partial charge in [0.1, 0.15) is 0 Å². The molecule has 2 heteroatoms. The van der Waals surface area contributed by atoms with E-state index >= 15 is 0 Å². The maximum absolute atomic E-state index is 9.68. The van der Waals surface area contributed by atoms with Crippen LogP contribution in [0.5, 0.6) is 0 Å². The molecular weight excluding hydrogens is 120 g/mol. The summed E-state index contributed by atoms with van der Waals surface area (Å²) in [6.07, 6.45) is 1.78. The van der Waals surface area contributed by atoms with Gasteiger partial charge in [-0.15, -0.1) is 12.6 Å². The van der Waals surface area contributed by atoms with Crippen molar-refractivity contribution in [2.45, 2.75) is 33.6 Å². The molecule has 0 N–H and O–H groups in total. The first kappa shape index (κ1) is 10.9. The van der Waals surface area contributed by atoms with Crippen LogP contribution in [0.25, 0.3) is 0 Å². The summed E-state index contributed by atoms with van der Waals surface area (Å²) >= 11 is 3.46. The fourth-order valence-corrected chi connectivity index (χ4v) is 0. The molecule has 0 aliphatic heterocycles. The Morgan fingerprint density at radius 2 is 1.50 bits per heavy atom. The molecule has 0 saturated carbocycles. The third kappa shape index (κ3) is 37.2. The van der Waals surface area contributed by atoms with Crippen LogP contribution in [0, 0.1) is 0 Å². The van der Waals surface area contributed by atoms with Gasteiger partial charge < -0.3 is 0 Å². The lowest BCUT2D eigenvalue weighted by atomic mass is 10.6. The van der Waals surface area contributed by atoms with E-state index < -0.39 is 0 Å². The average molecular weight is 134 g/mol. The number of thiol groups is 1. The van der Waals surface area contributed by atoms with E-state index in [1.807, 2.05) is 0 Å². The Labute approximate surface area is 56.9 Å². The van der Waals surface area contributed by atoms with Crippen molar-refractivity contribution in [2.24, 2.45) is 0 Å². The summed E-state index contributed by atoms with van der Waals surface area (Å²) in [5, 5.41) is -0.0509. The second-order valence-electron chi connectivity index (χ2n) is 1.45.